The summed E-state index contributed by atoms with van der Waals surface area (Å²) in [5, 5.41) is 0. The summed E-state index contributed by atoms with van der Waals surface area (Å²) >= 11 is 0. The van der Waals surface area contributed by atoms with Crippen LogP contribution in [-0.4, -0.2) is 37.2 Å². The minimum atomic E-state index is -0.796. The minimum Gasteiger partial charge on any atom is -0.462 e. The molecule has 0 aromatic rings. The van der Waals surface area contributed by atoms with Gasteiger partial charge in [0.25, 0.3) is 0 Å². The molecule has 6 nitrogen and oxygen atoms in total. The molecule has 0 aliphatic carbocycles. The number of allylic oxidation sites excluding steroid dienone is 22. The van der Waals surface area contributed by atoms with Crippen LogP contribution >= 0.6 is 0 Å². The molecule has 0 fully saturated rings. The van der Waals surface area contributed by atoms with E-state index in [2.05, 4.69) is 154 Å². The fourth-order valence-electron chi connectivity index (χ4n) is 9.15. The van der Waals surface area contributed by atoms with Gasteiger partial charge in [-0.2, -0.15) is 0 Å². The highest BCUT2D eigenvalue weighted by molar-refractivity contribution is 5.71. The maximum absolute atomic E-state index is 12.9. The fraction of sp³-hybridized carbons (Fsp3) is 0.667. The quantitative estimate of drug-likeness (QED) is 0.0261. The Morgan fingerprint density at radius 1 is 0.259 bits per heavy atom. The van der Waals surface area contributed by atoms with E-state index in [0.717, 1.165) is 154 Å². The first-order chi connectivity index (χ1) is 40.0. The fourth-order valence-corrected chi connectivity index (χ4v) is 9.15. The van der Waals surface area contributed by atoms with Gasteiger partial charge < -0.3 is 14.2 Å². The van der Waals surface area contributed by atoms with E-state index in [1.165, 1.54) is 109 Å². The summed E-state index contributed by atoms with van der Waals surface area (Å²) in [6.07, 6.45) is 96.1. The SMILES string of the molecule is CC/C=C\C/C=C\C/C=C\C/C=C\C/C=C\CCCCCCCCCC(=O)OC(COC(=O)CCCCCCC/C=C\C/C=C\CCC)COC(=O)CCCCCCCCCCCCCCCC/C=C\C/C=C\C/C=C\C/C=C\CC. The minimum absolute atomic E-state index is 0.0897. The summed E-state index contributed by atoms with van der Waals surface area (Å²) in [4.78, 5) is 38.4. The first kappa shape index (κ1) is 76.5. The first-order valence-corrected chi connectivity index (χ1v) is 33.7. The number of unbranched alkanes of at least 4 members (excludes halogenated alkanes) is 27. The van der Waals surface area contributed by atoms with Gasteiger partial charge in [-0.3, -0.25) is 14.4 Å². The average Bonchev–Trinajstić information content (AvgIpc) is 3.46. The third-order valence-corrected chi connectivity index (χ3v) is 14.1. The zero-order chi connectivity index (χ0) is 58.5. The molecular weight excluding hydrogens is 997 g/mol. The second kappa shape index (κ2) is 68.1. The Kier molecular flexibility index (Phi) is 64.3. The van der Waals surface area contributed by atoms with E-state index in [1.54, 1.807) is 0 Å². The van der Waals surface area contributed by atoms with Gasteiger partial charge in [-0.15, -0.1) is 0 Å². The van der Waals surface area contributed by atoms with Gasteiger partial charge in [-0.1, -0.05) is 289 Å². The van der Waals surface area contributed by atoms with Crippen molar-refractivity contribution in [3.63, 3.8) is 0 Å². The van der Waals surface area contributed by atoms with Crippen molar-refractivity contribution in [3.8, 4) is 0 Å². The lowest BCUT2D eigenvalue weighted by Crippen LogP contribution is -2.30. The van der Waals surface area contributed by atoms with Crippen molar-refractivity contribution < 1.29 is 28.6 Å². The molecule has 81 heavy (non-hydrogen) atoms. The van der Waals surface area contributed by atoms with E-state index in [9.17, 15) is 14.4 Å². The molecule has 0 spiro atoms. The Bertz CT molecular complexity index is 1720. The van der Waals surface area contributed by atoms with Gasteiger partial charge in [0.2, 0.25) is 0 Å². The third kappa shape index (κ3) is 66.2. The van der Waals surface area contributed by atoms with Crippen molar-refractivity contribution in [3.05, 3.63) is 134 Å². The normalized spacial score (nSPS) is 13.0. The largest absolute Gasteiger partial charge is 0.462 e. The number of rotatable bonds is 60. The molecule has 0 rings (SSSR count). The zero-order valence-corrected chi connectivity index (χ0v) is 52.8. The van der Waals surface area contributed by atoms with E-state index in [1.807, 2.05) is 0 Å². The summed E-state index contributed by atoms with van der Waals surface area (Å²) in [5.41, 5.74) is 0. The van der Waals surface area contributed by atoms with Crippen LogP contribution in [0.25, 0.3) is 0 Å². The van der Waals surface area contributed by atoms with Gasteiger partial charge in [-0.05, 0) is 128 Å². The summed E-state index contributed by atoms with van der Waals surface area (Å²) in [6, 6.07) is 0. The van der Waals surface area contributed by atoms with E-state index in [4.69, 9.17) is 14.2 Å². The van der Waals surface area contributed by atoms with Crippen molar-refractivity contribution in [2.24, 2.45) is 0 Å². The lowest BCUT2D eigenvalue weighted by Gasteiger charge is -2.18. The zero-order valence-electron chi connectivity index (χ0n) is 52.8. The lowest BCUT2D eigenvalue weighted by atomic mass is 10.0. The Morgan fingerprint density at radius 2 is 0.481 bits per heavy atom. The highest BCUT2D eigenvalue weighted by atomic mass is 16.6. The van der Waals surface area contributed by atoms with Gasteiger partial charge in [0.15, 0.2) is 6.10 Å². The van der Waals surface area contributed by atoms with Crippen LogP contribution in [0.1, 0.15) is 303 Å². The third-order valence-electron chi connectivity index (χ3n) is 14.1. The number of hydrogen-bond donors (Lipinski definition) is 0. The molecule has 0 N–H and O–H groups in total. The Hall–Kier alpha value is -4.45. The highest BCUT2D eigenvalue weighted by Crippen LogP contribution is 2.16. The lowest BCUT2D eigenvalue weighted by molar-refractivity contribution is -0.167. The summed E-state index contributed by atoms with van der Waals surface area (Å²) in [6.45, 7) is 6.35. The van der Waals surface area contributed by atoms with Crippen LogP contribution in [0.3, 0.4) is 0 Å². The number of carbonyl (C=O) groups is 3. The maximum Gasteiger partial charge on any atom is 0.306 e. The molecule has 0 aliphatic rings. The molecule has 0 aliphatic heterocycles. The molecule has 1 unspecified atom stereocenters. The van der Waals surface area contributed by atoms with Crippen LogP contribution < -0.4 is 0 Å². The molecular formula is C75H124O6. The molecule has 0 saturated carbocycles. The van der Waals surface area contributed by atoms with Crippen molar-refractivity contribution >= 4 is 17.9 Å². The highest BCUT2D eigenvalue weighted by Gasteiger charge is 2.19. The smallest absolute Gasteiger partial charge is 0.306 e. The van der Waals surface area contributed by atoms with Crippen LogP contribution in [0, 0.1) is 0 Å². The van der Waals surface area contributed by atoms with Crippen molar-refractivity contribution in [1.82, 2.24) is 0 Å². The first-order valence-electron chi connectivity index (χ1n) is 33.7. The summed E-state index contributed by atoms with van der Waals surface area (Å²) in [5.74, 6) is -0.910. The Labute approximate surface area is 500 Å². The van der Waals surface area contributed by atoms with E-state index in [-0.39, 0.29) is 31.1 Å². The van der Waals surface area contributed by atoms with Gasteiger partial charge in [0.1, 0.15) is 13.2 Å². The van der Waals surface area contributed by atoms with Crippen LogP contribution in [0.4, 0.5) is 0 Å². The Morgan fingerprint density at radius 3 is 0.753 bits per heavy atom. The van der Waals surface area contributed by atoms with Gasteiger partial charge in [0, 0.05) is 19.3 Å². The second-order valence-electron chi connectivity index (χ2n) is 22.0. The Balaban J connectivity index is 4.33. The van der Waals surface area contributed by atoms with E-state index >= 15 is 0 Å². The molecule has 0 saturated heterocycles. The van der Waals surface area contributed by atoms with Crippen LogP contribution in [0.15, 0.2) is 134 Å². The molecule has 0 bridgehead atoms. The molecule has 460 valence electrons. The van der Waals surface area contributed by atoms with Crippen molar-refractivity contribution in [2.75, 3.05) is 13.2 Å². The number of hydrogen-bond acceptors (Lipinski definition) is 6. The predicted molar refractivity (Wildman–Crippen MR) is 353 cm³/mol. The maximum atomic E-state index is 12.9. The molecule has 0 radical (unpaired) electrons. The van der Waals surface area contributed by atoms with Crippen LogP contribution in [-0.2, 0) is 28.6 Å². The van der Waals surface area contributed by atoms with Crippen molar-refractivity contribution in [2.45, 2.75) is 309 Å². The molecule has 0 aromatic carbocycles. The monoisotopic (exact) mass is 1120 g/mol. The van der Waals surface area contributed by atoms with E-state index < -0.39 is 6.10 Å². The predicted octanol–water partition coefficient (Wildman–Crippen LogP) is 23.3. The van der Waals surface area contributed by atoms with Crippen LogP contribution in [0.2, 0.25) is 0 Å². The standard InChI is InChI=1S/C75H124O6/c1-4-7-10-13-16-19-22-25-27-29-31-33-35-36-37-38-40-41-43-45-47-50-53-56-59-62-65-68-74(77)80-71-72(70-79-73(76)67-64-61-58-55-52-49-24-21-18-15-12-9-6-3)81-75(78)69-66-63-60-57-54-51-48-46-44-42-39-34-32-30-28-26-23-20-17-14-11-8-5-2/h7-8,10-12,15-17,19-21,24-28,31-34,42,44,72H,4-6,9,13-14,18,22-23,29-30,35-41,43,45-71H2,1-3H3/b10-7-,11-8-,15-12-,19-16-,20-17-,24-21-,27-25-,28-26-,33-31-,34-32-,44-42-. The molecule has 1 atom stereocenters. The summed E-state index contributed by atoms with van der Waals surface area (Å²) in [7, 11) is 0. The molecule has 0 aromatic heterocycles. The topological polar surface area (TPSA) is 78.9 Å². The van der Waals surface area contributed by atoms with Gasteiger partial charge in [-0.25, -0.2) is 0 Å². The van der Waals surface area contributed by atoms with Gasteiger partial charge in [0.05, 0.1) is 0 Å². The van der Waals surface area contributed by atoms with Crippen molar-refractivity contribution in [1.29, 1.82) is 0 Å². The molecule has 6 heteroatoms. The van der Waals surface area contributed by atoms with E-state index in [0.29, 0.717) is 19.3 Å². The number of carbonyl (C=O) groups excluding carboxylic acids is 3. The molecule has 0 heterocycles. The molecule has 0 amide bonds. The van der Waals surface area contributed by atoms with Crippen LogP contribution in [0.5, 0.6) is 0 Å². The number of esters is 3. The van der Waals surface area contributed by atoms with Gasteiger partial charge >= 0.3 is 17.9 Å². The summed E-state index contributed by atoms with van der Waals surface area (Å²) < 4.78 is 16.9. The number of ether oxygens (including phenoxy) is 3. The second-order valence-corrected chi connectivity index (χ2v) is 22.0. The average molecular weight is 1120 g/mol.